The van der Waals surface area contributed by atoms with Crippen molar-refractivity contribution in [2.24, 2.45) is 5.92 Å². The van der Waals surface area contributed by atoms with Crippen molar-refractivity contribution in [3.05, 3.63) is 66.2 Å². The van der Waals surface area contributed by atoms with Crippen molar-refractivity contribution in [2.75, 3.05) is 6.61 Å². The molecule has 9 nitrogen and oxygen atoms in total. The van der Waals surface area contributed by atoms with E-state index in [9.17, 15) is 22.8 Å². The van der Waals surface area contributed by atoms with Gasteiger partial charge in [-0.3, -0.25) is 4.79 Å². The lowest BCUT2D eigenvalue weighted by Crippen LogP contribution is -2.29. The fourth-order valence-corrected chi connectivity index (χ4v) is 4.25. The number of esters is 2. The molecule has 2 aromatic carbocycles. The molecule has 2 aromatic rings. The summed E-state index contributed by atoms with van der Waals surface area (Å²) in [7, 11) is -3.86. The number of hydrogen-bond acceptors (Lipinski definition) is 9. The molecule has 0 spiro atoms. The average molecular weight is 547 g/mol. The van der Waals surface area contributed by atoms with Crippen LogP contribution in [-0.4, -0.2) is 44.8 Å². The van der Waals surface area contributed by atoms with Crippen LogP contribution in [0.2, 0.25) is 0 Å². The molecule has 0 heterocycles. The molecule has 1 atom stereocenters. The molecule has 0 amide bonds. The molecule has 0 saturated carbocycles. The van der Waals surface area contributed by atoms with Crippen LogP contribution >= 0.6 is 0 Å². The summed E-state index contributed by atoms with van der Waals surface area (Å²) in [6.07, 6.45) is -1.44. The Balaban J connectivity index is 2.13. The Morgan fingerprint density at radius 1 is 0.921 bits per heavy atom. The van der Waals surface area contributed by atoms with E-state index in [4.69, 9.17) is 18.9 Å². The Kier molecular flexibility index (Phi) is 10.2. The number of hydrogen-bond donors (Lipinski definition) is 0. The minimum Gasteiger partial charge on any atom is -0.458 e. The molecule has 206 valence electrons. The second-order valence-electron chi connectivity index (χ2n) is 9.98. The lowest BCUT2D eigenvalue weighted by atomic mass is 10.1. The van der Waals surface area contributed by atoms with Gasteiger partial charge in [0.1, 0.15) is 24.1 Å². The van der Waals surface area contributed by atoms with Crippen molar-refractivity contribution in [2.45, 2.75) is 69.5 Å². The van der Waals surface area contributed by atoms with Crippen LogP contribution in [0.5, 0.6) is 5.75 Å². The van der Waals surface area contributed by atoms with Crippen LogP contribution in [0.3, 0.4) is 0 Å². The molecule has 0 radical (unpaired) electrons. The van der Waals surface area contributed by atoms with E-state index < -0.39 is 39.6 Å². The number of carbonyl (C=O) groups is 3. The first-order valence-corrected chi connectivity index (χ1v) is 13.4. The molecule has 0 fully saturated rings. The smallest absolute Gasteiger partial charge is 0.458 e. The van der Waals surface area contributed by atoms with E-state index in [0.29, 0.717) is 5.56 Å². The summed E-state index contributed by atoms with van der Waals surface area (Å²) < 4.78 is 47.0. The summed E-state index contributed by atoms with van der Waals surface area (Å²) in [5.74, 6) is -1.27. The summed E-state index contributed by atoms with van der Waals surface area (Å²) in [6, 6.07) is 11.5. The molecule has 0 saturated heterocycles. The van der Waals surface area contributed by atoms with Crippen LogP contribution in [-0.2, 0) is 40.1 Å². The van der Waals surface area contributed by atoms with Gasteiger partial charge in [0.25, 0.3) is 0 Å². The van der Waals surface area contributed by atoms with Crippen LogP contribution in [0.1, 0.15) is 47.1 Å². The molecule has 38 heavy (non-hydrogen) atoms. The molecular weight excluding hydrogens is 512 g/mol. The van der Waals surface area contributed by atoms with Gasteiger partial charge in [-0.2, -0.15) is 0 Å². The monoisotopic (exact) mass is 546 g/mol. The van der Waals surface area contributed by atoms with Gasteiger partial charge in [0.05, 0.1) is 15.7 Å². The highest BCUT2D eigenvalue weighted by molar-refractivity contribution is 7.91. The van der Waals surface area contributed by atoms with Crippen molar-refractivity contribution in [1.29, 1.82) is 0 Å². The van der Waals surface area contributed by atoms with E-state index >= 15 is 0 Å². The largest absolute Gasteiger partial charge is 0.514 e. The predicted molar refractivity (Wildman–Crippen MR) is 139 cm³/mol. The maximum atomic E-state index is 13.1. The third kappa shape index (κ3) is 9.33. The summed E-state index contributed by atoms with van der Waals surface area (Å²) in [5.41, 5.74) is 0.175. The first-order valence-electron chi connectivity index (χ1n) is 12.0. The Bertz CT molecular complexity index is 1250. The van der Waals surface area contributed by atoms with E-state index in [2.05, 4.69) is 6.58 Å². The minimum absolute atomic E-state index is 0.0113. The van der Waals surface area contributed by atoms with Crippen molar-refractivity contribution in [3.8, 4) is 5.75 Å². The van der Waals surface area contributed by atoms with Crippen molar-refractivity contribution in [1.82, 2.24) is 0 Å². The highest BCUT2D eigenvalue weighted by Gasteiger charge is 2.22. The van der Waals surface area contributed by atoms with Crippen LogP contribution < -0.4 is 4.74 Å². The maximum Gasteiger partial charge on any atom is 0.514 e. The van der Waals surface area contributed by atoms with Gasteiger partial charge in [0.15, 0.2) is 0 Å². The molecule has 2 rings (SSSR count). The van der Waals surface area contributed by atoms with Gasteiger partial charge < -0.3 is 18.9 Å². The fraction of sp³-hybridized carbons (Fsp3) is 0.393. The zero-order valence-corrected chi connectivity index (χ0v) is 23.3. The molecule has 0 aliphatic carbocycles. The quantitative estimate of drug-likeness (QED) is 0.174. The van der Waals surface area contributed by atoms with Crippen molar-refractivity contribution >= 4 is 27.9 Å². The van der Waals surface area contributed by atoms with E-state index in [1.807, 2.05) is 0 Å². The Morgan fingerprint density at radius 2 is 1.45 bits per heavy atom. The highest BCUT2D eigenvalue weighted by Crippen LogP contribution is 2.24. The number of carbonyl (C=O) groups excluding carboxylic acids is 3. The van der Waals surface area contributed by atoms with Crippen molar-refractivity contribution in [3.63, 3.8) is 0 Å². The molecular formula is C28H34O9S. The van der Waals surface area contributed by atoms with Gasteiger partial charge in [-0.05, 0) is 69.7 Å². The topological polar surface area (TPSA) is 122 Å². The third-order valence-electron chi connectivity index (χ3n) is 4.92. The predicted octanol–water partition coefficient (Wildman–Crippen LogP) is 5.06. The number of rotatable bonds is 10. The maximum absolute atomic E-state index is 13.1. The molecule has 1 unspecified atom stereocenters. The van der Waals surface area contributed by atoms with Gasteiger partial charge in [0, 0.05) is 12.0 Å². The van der Waals surface area contributed by atoms with Gasteiger partial charge >= 0.3 is 18.1 Å². The first kappa shape index (κ1) is 30.6. The normalized spacial score (nSPS) is 12.4. The molecule has 0 aliphatic rings. The van der Waals surface area contributed by atoms with Crippen LogP contribution in [0.15, 0.2) is 70.5 Å². The zero-order valence-electron chi connectivity index (χ0n) is 22.5. The lowest BCUT2D eigenvalue weighted by molar-refractivity contribution is -0.160. The van der Waals surface area contributed by atoms with E-state index in [1.54, 1.807) is 46.8 Å². The van der Waals surface area contributed by atoms with E-state index in [1.165, 1.54) is 43.3 Å². The lowest BCUT2D eigenvalue weighted by Gasteiger charge is -2.19. The number of sulfone groups is 1. The highest BCUT2D eigenvalue weighted by atomic mass is 32.2. The first-order chi connectivity index (χ1) is 17.6. The number of ether oxygens (including phenoxy) is 4. The van der Waals surface area contributed by atoms with Crippen LogP contribution in [0.25, 0.3) is 0 Å². The number of benzene rings is 2. The SMILES string of the molecule is C=C(C)C(=O)OCC(Cc1ccc(S(=O)(=O)c2ccc(OC(=O)OC(C)(C)C)cc2)cc1)OC(=O)C(C)C. The second kappa shape index (κ2) is 12.7. The Hall–Kier alpha value is -3.66. The van der Waals surface area contributed by atoms with Gasteiger partial charge in [-0.25, -0.2) is 18.0 Å². The summed E-state index contributed by atoms with van der Waals surface area (Å²) >= 11 is 0. The van der Waals surface area contributed by atoms with E-state index in [-0.39, 0.29) is 40.1 Å². The molecule has 0 aliphatic heterocycles. The summed E-state index contributed by atoms with van der Waals surface area (Å²) in [5, 5.41) is 0. The third-order valence-corrected chi connectivity index (χ3v) is 6.71. The summed E-state index contributed by atoms with van der Waals surface area (Å²) in [6.45, 7) is 13.4. The van der Waals surface area contributed by atoms with Crippen molar-refractivity contribution < 1.29 is 41.7 Å². The van der Waals surface area contributed by atoms with Crippen LogP contribution in [0, 0.1) is 5.92 Å². The fourth-order valence-electron chi connectivity index (χ4n) is 2.98. The molecule has 0 aromatic heterocycles. The van der Waals surface area contributed by atoms with Gasteiger partial charge in [0.2, 0.25) is 9.84 Å². The zero-order chi connectivity index (χ0) is 28.7. The summed E-state index contributed by atoms with van der Waals surface area (Å²) in [4.78, 5) is 35.8. The minimum atomic E-state index is -3.86. The van der Waals surface area contributed by atoms with Gasteiger partial charge in [-0.1, -0.05) is 32.6 Å². The molecule has 0 bridgehead atoms. The van der Waals surface area contributed by atoms with Gasteiger partial charge in [-0.15, -0.1) is 0 Å². The standard InChI is InChI=1S/C28H34O9S/c1-18(2)25(29)34-17-22(35-26(30)19(3)4)16-20-8-12-23(13-9-20)38(32,33)24-14-10-21(11-15-24)36-27(31)37-28(5,6)7/h8-15,19,22H,1,16-17H2,2-7H3. The second-order valence-corrected chi connectivity index (χ2v) is 11.9. The van der Waals surface area contributed by atoms with Crippen LogP contribution in [0.4, 0.5) is 4.79 Å². The Labute approximate surface area is 223 Å². The molecule has 0 N–H and O–H groups in total. The van der Waals surface area contributed by atoms with E-state index in [0.717, 1.165) is 0 Å². The Morgan fingerprint density at radius 3 is 1.92 bits per heavy atom. The molecule has 10 heteroatoms. The average Bonchev–Trinajstić information content (AvgIpc) is 2.81.